The fourth-order valence-corrected chi connectivity index (χ4v) is 2.37. The van der Waals surface area contributed by atoms with Crippen LogP contribution in [-0.4, -0.2) is 17.6 Å². The maximum atomic E-state index is 12.0. The van der Waals surface area contributed by atoms with Gasteiger partial charge in [0.05, 0.1) is 6.61 Å². The number of amides is 1. The molecule has 0 unspecified atom stereocenters. The van der Waals surface area contributed by atoms with Gasteiger partial charge in [-0.1, -0.05) is 18.2 Å². The summed E-state index contributed by atoms with van der Waals surface area (Å²) in [5, 5.41) is 5.91. The van der Waals surface area contributed by atoms with E-state index in [-0.39, 0.29) is 11.0 Å². The molecule has 2 N–H and O–H groups in total. The number of benzene rings is 2. The first-order valence-electron chi connectivity index (χ1n) is 8.08. The second-order valence-corrected chi connectivity index (χ2v) is 5.99. The molecule has 4 nitrogen and oxygen atoms in total. The lowest BCUT2D eigenvalue weighted by molar-refractivity contribution is -0.115. The second-order valence-electron chi connectivity index (χ2n) is 5.58. The van der Waals surface area contributed by atoms with Gasteiger partial charge in [0, 0.05) is 11.8 Å². The summed E-state index contributed by atoms with van der Waals surface area (Å²) >= 11 is 5.17. The summed E-state index contributed by atoms with van der Waals surface area (Å²) in [6.45, 7) is 6.64. The molecule has 1 amide bonds. The number of thiocarbonyl (C=S) groups is 1. The molecule has 2 aromatic carbocycles. The van der Waals surface area contributed by atoms with Gasteiger partial charge in [-0.25, -0.2) is 0 Å². The van der Waals surface area contributed by atoms with Crippen molar-refractivity contribution in [2.75, 3.05) is 11.9 Å². The van der Waals surface area contributed by atoms with E-state index in [1.54, 1.807) is 6.08 Å². The van der Waals surface area contributed by atoms with Gasteiger partial charge in [0.25, 0.3) is 0 Å². The van der Waals surface area contributed by atoms with Gasteiger partial charge < -0.3 is 10.1 Å². The normalized spacial score (nSPS) is 10.5. The molecule has 0 heterocycles. The summed E-state index contributed by atoms with van der Waals surface area (Å²) < 4.78 is 5.38. The van der Waals surface area contributed by atoms with Crippen LogP contribution in [0.15, 0.2) is 48.5 Å². The SMILES string of the molecule is CCOc1ccc(/C=C/C(=O)NC(=S)Nc2ccc(C)c(C)c2)cc1. The van der Waals surface area contributed by atoms with Crippen molar-refractivity contribution in [1.29, 1.82) is 0 Å². The maximum Gasteiger partial charge on any atom is 0.250 e. The van der Waals surface area contributed by atoms with Gasteiger partial charge in [-0.2, -0.15) is 0 Å². The fourth-order valence-electron chi connectivity index (χ4n) is 2.15. The summed E-state index contributed by atoms with van der Waals surface area (Å²) in [5.74, 6) is 0.526. The Bertz CT molecular complexity index is 783. The van der Waals surface area contributed by atoms with E-state index in [2.05, 4.69) is 10.6 Å². The molecule has 0 saturated carbocycles. The number of nitrogens with one attached hydrogen (secondary N) is 2. The molecule has 0 radical (unpaired) electrons. The minimum absolute atomic E-state index is 0.268. The fraction of sp³-hybridized carbons (Fsp3) is 0.200. The molecular weight excluding hydrogens is 332 g/mol. The Labute approximate surface area is 153 Å². The van der Waals surface area contributed by atoms with Gasteiger partial charge in [-0.15, -0.1) is 0 Å². The molecule has 0 atom stereocenters. The van der Waals surface area contributed by atoms with Crippen molar-refractivity contribution in [2.45, 2.75) is 20.8 Å². The van der Waals surface area contributed by atoms with Gasteiger partial charge in [0.2, 0.25) is 5.91 Å². The molecule has 25 heavy (non-hydrogen) atoms. The molecular formula is C20H22N2O2S. The first-order chi connectivity index (χ1) is 12.0. The van der Waals surface area contributed by atoms with Crippen LogP contribution in [0.1, 0.15) is 23.6 Å². The van der Waals surface area contributed by atoms with E-state index in [4.69, 9.17) is 17.0 Å². The molecule has 5 heteroatoms. The standard InChI is InChI=1S/C20H22N2O2S/c1-4-24-18-10-6-16(7-11-18)8-12-19(23)22-20(25)21-17-9-5-14(2)15(3)13-17/h5-13H,4H2,1-3H3,(H2,21,22,23,25)/b12-8+. The number of carbonyl (C=O) groups excluding carboxylic acids is 1. The molecule has 2 rings (SSSR count). The molecule has 0 bridgehead atoms. The van der Waals surface area contributed by atoms with Crippen molar-refractivity contribution in [3.8, 4) is 5.75 Å². The molecule has 0 spiro atoms. The van der Waals surface area contributed by atoms with Crippen molar-refractivity contribution < 1.29 is 9.53 Å². The van der Waals surface area contributed by atoms with Crippen LogP contribution in [0, 0.1) is 13.8 Å². The van der Waals surface area contributed by atoms with Crippen molar-refractivity contribution in [3.05, 3.63) is 65.2 Å². The van der Waals surface area contributed by atoms with E-state index >= 15 is 0 Å². The van der Waals surface area contributed by atoms with Crippen LogP contribution in [-0.2, 0) is 4.79 Å². The summed E-state index contributed by atoms with van der Waals surface area (Å²) in [6, 6.07) is 13.4. The molecule has 0 fully saturated rings. The van der Waals surface area contributed by atoms with Crippen LogP contribution in [0.2, 0.25) is 0 Å². The summed E-state index contributed by atoms with van der Waals surface area (Å²) in [7, 11) is 0. The highest BCUT2D eigenvalue weighted by molar-refractivity contribution is 7.80. The van der Waals surface area contributed by atoms with Crippen LogP contribution in [0.4, 0.5) is 5.69 Å². The Morgan fingerprint density at radius 2 is 1.84 bits per heavy atom. The molecule has 130 valence electrons. The molecule has 0 aromatic heterocycles. The minimum Gasteiger partial charge on any atom is -0.494 e. The van der Waals surface area contributed by atoms with Crippen molar-refractivity contribution in [2.24, 2.45) is 0 Å². The van der Waals surface area contributed by atoms with E-state index in [1.807, 2.05) is 63.2 Å². The van der Waals surface area contributed by atoms with Gasteiger partial charge in [-0.3, -0.25) is 10.1 Å². The van der Waals surface area contributed by atoms with Crippen molar-refractivity contribution in [3.63, 3.8) is 0 Å². The van der Waals surface area contributed by atoms with Crippen LogP contribution in [0.25, 0.3) is 6.08 Å². The quantitative estimate of drug-likeness (QED) is 0.623. The third-order valence-electron chi connectivity index (χ3n) is 3.62. The van der Waals surface area contributed by atoms with E-state index < -0.39 is 0 Å². The third kappa shape index (κ3) is 6.04. The summed E-state index contributed by atoms with van der Waals surface area (Å²) in [5.41, 5.74) is 4.13. The van der Waals surface area contributed by atoms with Crippen molar-refractivity contribution >= 4 is 35.0 Å². The smallest absolute Gasteiger partial charge is 0.250 e. The number of aryl methyl sites for hydroxylation is 2. The summed E-state index contributed by atoms with van der Waals surface area (Å²) in [6.07, 6.45) is 3.17. The van der Waals surface area contributed by atoms with E-state index in [0.717, 1.165) is 22.6 Å². The van der Waals surface area contributed by atoms with Crippen LogP contribution in [0.3, 0.4) is 0 Å². The highest BCUT2D eigenvalue weighted by atomic mass is 32.1. The molecule has 0 aliphatic carbocycles. The van der Waals surface area contributed by atoms with Gasteiger partial charge in [0.15, 0.2) is 5.11 Å². The Morgan fingerprint density at radius 1 is 1.12 bits per heavy atom. The zero-order chi connectivity index (χ0) is 18.2. The second kappa shape index (κ2) is 8.99. The number of ether oxygens (including phenoxy) is 1. The Balaban J connectivity index is 1.88. The number of carbonyl (C=O) groups is 1. The van der Waals surface area contributed by atoms with Gasteiger partial charge in [0.1, 0.15) is 5.75 Å². The summed E-state index contributed by atoms with van der Waals surface area (Å²) in [4.78, 5) is 12.0. The van der Waals surface area contributed by atoms with E-state index in [9.17, 15) is 4.79 Å². The lowest BCUT2D eigenvalue weighted by atomic mass is 10.1. The molecule has 2 aromatic rings. The number of rotatable bonds is 5. The van der Waals surface area contributed by atoms with Gasteiger partial charge in [-0.05, 0) is 80.0 Å². The third-order valence-corrected chi connectivity index (χ3v) is 3.82. The average Bonchev–Trinajstić information content (AvgIpc) is 2.58. The Kier molecular flexibility index (Phi) is 6.71. The molecule has 0 aliphatic heterocycles. The number of anilines is 1. The monoisotopic (exact) mass is 354 g/mol. The van der Waals surface area contributed by atoms with Crippen LogP contribution in [0.5, 0.6) is 5.75 Å². The van der Waals surface area contributed by atoms with Crippen LogP contribution >= 0.6 is 12.2 Å². The topological polar surface area (TPSA) is 50.4 Å². The number of hydrogen-bond acceptors (Lipinski definition) is 3. The highest BCUT2D eigenvalue weighted by Crippen LogP contribution is 2.14. The lowest BCUT2D eigenvalue weighted by Gasteiger charge is -2.10. The molecule has 0 saturated heterocycles. The molecule has 0 aliphatic rings. The Morgan fingerprint density at radius 3 is 2.48 bits per heavy atom. The Hall–Kier alpha value is -2.66. The van der Waals surface area contributed by atoms with Crippen molar-refractivity contribution in [1.82, 2.24) is 5.32 Å². The lowest BCUT2D eigenvalue weighted by Crippen LogP contribution is -2.32. The predicted molar refractivity (Wildman–Crippen MR) is 107 cm³/mol. The first kappa shape index (κ1) is 18.7. The maximum absolute atomic E-state index is 12.0. The highest BCUT2D eigenvalue weighted by Gasteiger charge is 2.03. The van der Waals surface area contributed by atoms with Gasteiger partial charge >= 0.3 is 0 Å². The zero-order valence-corrected chi connectivity index (χ0v) is 15.4. The largest absolute Gasteiger partial charge is 0.494 e. The average molecular weight is 354 g/mol. The zero-order valence-electron chi connectivity index (χ0n) is 14.6. The van der Waals surface area contributed by atoms with E-state index in [1.165, 1.54) is 11.6 Å². The number of hydrogen-bond donors (Lipinski definition) is 2. The minimum atomic E-state index is -0.282. The predicted octanol–water partition coefficient (Wildman–Crippen LogP) is 4.23. The van der Waals surface area contributed by atoms with E-state index in [0.29, 0.717) is 6.61 Å². The first-order valence-corrected chi connectivity index (χ1v) is 8.49. The van der Waals surface area contributed by atoms with Crippen LogP contribution < -0.4 is 15.4 Å².